The Bertz CT molecular complexity index is 437. The highest BCUT2D eigenvalue weighted by Crippen LogP contribution is 2.24. The summed E-state index contributed by atoms with van der Waals surface area (Å²) in [4.78, 5) is 21.0. The lowest BCUT2D eigenvalue weighted by Gasteiger charge is -2.29. The standard InChI is InChI=1S/C14H25N5O/c1-4-12-15-13(17-16-12)14(20)19(10-9-18(2)3)11-7-5-6-8-11/h11H,4-10H2,1-3H3,(H,15,16,17). The molecule has 1 aromatic heterocycles. The van der Waals surface area contributed by atoms with Crippen molar-refractivity contribution in [2.45, 2.75) is 45.1 Å². The van der Waals surface area contributed by atoms with Crippen molar-refractivity contribution in [3.05, 3.63) is 11.6 Å². The molecule has 2 rings (SSSR count). The molecule has 1 aliphatic rings. The lowest BCUT2D eigenvalue weighted by Crippen LogP contribution is -2.43. The zero-order chi connectivity index (χ0) is 14.5. The van der Waals surface area contributed by atoms with Crippen LogP contribution in [0.1, 0.15) is 49.1 Å². The molecule has 20 heavy (non-hydrogen) atoms. The van der Waals surface area contributed by atoms with Crippen LogP contribution in [0.4, 0.5) is 0 Å². The van der Waals surface area contributed by atoms with E-state index in [1.54, 1.807) is 0 Å². The fourth-order valence-corrected chi connectivity index (χ4v) is 2.65. The van der Waals surface area contributed by atoms with E-state index in [1.807, 2.05) is 25.9 Å². The van der Waals surface area contributed by atoms with Crippen molar-refractivity contribution < 1.29 is 4.79 Å². The van der Waals surface area contributed by atoms with Crippen LogP contribution < -0.4 is 0 Å². The predicted molar refractivity (Wildman–Crippen MR) is 77.6 cm³/mol. The van der Waals surface area contributed by atoms with Gasteiger partial charge in [0.1, 0.15) is 5.82 Å². The average Bonchev–Trinajstić information content (AvgIpc) is 3.09. The molecule has 0 radical (unpaired) electrons. The summed E-state index contributed by atoms with van der Waals surface area (Å²) in [5, 5.41) is 6.89. The Morgan fingerprint density at radius 1 is 1.30 bits per heavy atom. The molecule has 0 aliphatic heterocycles. The number of carbonyl (C=O) groups excluding carboxylic acids is 1. The van der Waals surface area contributed by atoms with E-state index < -0.39 is 0 Å². The fourth-order valence-electron chi connectivity index (χ4n) is 2.65. The molecule has 0 atom stereocenters. The van der Waals surface area contributed by atoms with Gasteiger partial charge in [-0.3, -0.25) is 9.89 Å². The molecular weight excluding hydrogens is 254 g/mol. The summed E-state index contributed by atoms with van der Waals surface area (Å²) in [5.41, 5.74) is 0. The van der Waals surface area contributed by atoms with Gasteiger partial charge < -0.3 is 9.80 Å². The first-order valence-corrected chi connectivity index (χ1v) is 7.48. The molecule has 1 heterocycles. The summed E-state index contributed by atoms with van der Waals surface area (Å²) >= 11 is 0. The third kappa shape index (κ3) is 3.56. The second kappa shape index (κ2) is 6.83. The van der Waals surface area contributed by atoms with Crippen molar-refractivity contribution in [1.82, 2.24) is 25.0 Å². The zero-order valence-electron chi connectivity index (χ0n) is 12.7. The Kier molecular flexibility index (Phi) is 5.11. The second-order valence-electron chi connectivity index (χ2n) is 5.70. The molecule has 6 heteroatoms. The van der Waals surface area contributed by atoms with Gasteiger partial charge in [-0.1, -0.05) is 19.8 Å². The van der Waals surface area contributed by atoms with Crippen molar-refractivity contribution in [1.29, 1.82) is 0 Å². The lowest BCUT2D eigenvalue weighted by atomic mass is 10.2. The molecule has 1 aromatic rings. The number of hydrogen-bond donors (Lipinski definition) is 1. The van der Waals surface area contributed by atoms with Crippen molar-refractivity contribution in [2.75, 3.05) is 27.2 Å². The first-order chi connectivity index (χ1) is 9.61. The number of aromatic amines is 1. The van der Waals surface area contributed by atoms with Crippen LogP contribution in [-0.2, 0) is 6.42 Å². The zero-order valence-corrected chi connectivity index (χ0v) is 12.7. The number of nitrogens with zero attached hydrogens (tertiary/aromatic N) is 4. The molecule has 1 amide bonds. The van der Waals surface area contributed by atoms with E-state index in [9.17, 15) is 4.79 Å². The van der Waals surface area contributed by atoms with Crippen LogP contribution in [0.3, 0.4) is 0 Å². The topological polar surface area (TPSA) is 65.1 Å². The van der Waals surface area contributed by atoms with E-state index in [-0.39, 0.29) is 5.91 Å². The van der Waals surface area contributed by atoms with Gasteiger partial charge in [-0.2, -0.15) is 0 Å². The average molecular weight is 279 g/mol. The van der Waals surface area contributed by atoms with Crippen LogP contribution in [0.15, 0.2) is 0 Å². The molecule has 112 valence electrons. The highest BCUT2D eigenvalue weighted by atomic mass is 16.2. The molecule has 1 saturated carbocycles. The van der Waals surface area contributed by atoms with Gasteiger partial charge in [0.05, 0.1) is 0 Å². The quantitative estimate of drug-likeness (QED) is 0.853. The van der Waals surface area contributed by atoms with Crippen molar-refractivity contribution in [3.8, 4) is 0 Å². The van der Waals surface area contributed by atoms with Crippen LogP contribution in [-0.4, -0.2) is 64.1 Å². The van der Waals surface area contributed by atoms with Gasteiger partial charge in [-0.15, -0.1) is 5.10 Å². The number of amides is 1. The van der Waals surface area contributed by atoms with Crippen molar-refractivity contribution in [3.63, 3.8) is 0 Å². The first-order valence-electron chi connectivity index (χ1n) is 7.48. The Balaban J connectivity index is 2.09. The number of aryl methyl sites for hydroxylation is 1. The minimum atomic E-state index is -0.0327. The number of likely N-dealkylation sites (N-methyl/N-ethyl adjacent to an activating group) is 1. The van der Waals surface area contributed by atoms with Crippen molar-refractivity contribution >= 4 is 5.91 Å². The third-order valence-electron chi connectivity index (χ3n) is 3.87. The minimum absolute atomic E-state index is 0.0327. The highest BCUT2D eigenvalue weighted by molar-refractivity contribution is 5.90. The third-order valence-corrected chi connectivity index (χ3v) is 3.87. The number of aromatic nitrogens is 3. The number of nitrogens with one attached hydrogen (secondary N) is 1. The molecule has 0 aromatic carbocycles. The summed E-state index contributed by atoms with van der Waals surface area (Å²) < 4.78 is 0. The van der Waals surface area contributed by atoms with Crippen LogP contribution >= 0.6 is 0 Å². The minimum Gasteiger partial charge on any atom is -0.332 e. The normalized spacial score (nSPS) is 16.0. The predicted octanol–water partition coefficient (Wildman–Crippen LogP) is 1.31. The molecule has 6 nitrogen and oxygen atoms in total. The van der Waals surface area contributed by atoms with Gasteiger partial charge in [0.15, 0.2) is 0 Å². The van der Waals surface area contributed by atoms with Gasteiger partial charge in [0, 0.05) is 25.6 Å². The number of hydrogen-bond acceptors (Lipinski definition) is 4. The highest BCUT2D eigenvalue weighted by Gasteiger charge is 2.29. The molecule has 1 N–H and O–H groups in total. The number of H-pyrrole nitrogens is 1. The second-order valence-corrected chi connectivity index (χ2v) is 5.70. The van der Waals surface area contributed by atoms with Crippen LogP contribution in [0.25, 0.3) is 0 Å². The Hall–Kier alpha value is -1.43. The van der Waals surface area contributed by atoms with E-state index >= 15 is 0 Å². The Labute approximate surface area is 120 Å². The van der Waals surface area contributed by atoms with Gasteiger partial charge in [-0.25, -0.2) is 4.98 Å². The van der Waals surface area contributed by atoms with E-state index in [2.05, 4.69) is 20.1 Å². The molecular formula is C14H25N5O. The lowest BCUT2D eigenvalue weighted by molar-refractivity contribution is 0.0655. The molecule has 0 saturated heterocycles. The van der Waals surface area contributed by atoms with Gasteiger partial charge in [0.25, 0.3) is 5.91 Å². The van der Waals surface area contributed by atoms with Crippen LogP contribution in [0, 0.1) is 0 Å². The molecule has 0 bridgehead atoms. The molecule has 0 spiro atoms. The molecule has 0 unspecified atom stereocenters. The maximum atomic E-state index is 12.6. The van der Waals surface area contributed by atoms with Crippen LogP contribution in [0.5, 0.6) is 0 Å². The fraction of sp³-hybridized carbons (Fsp3) is 0.786. The van der Waals surface area contributed by atoms with Crippen molar-refractivity contribution in [2.24, 2.45) is 0 Å². The summed E-state index contributed by atoms with van der Waals surface area (Å²) in [6.45, 7) is 3.61. The van der Waals surface area contributed by atoms with Gasteiger partial charge >= 0.3 is 0 Å². The first kappa shape index (κ1) is 15.0. The van der Waals surface area contributed by atoms with Gasteiger partial charge in [0.2, 0.25) is 5.82 Å². The van der Waals surface area contributed by atoms with E-state index in [0.29, 0.717) is 11.9 Å². The SMILES string of the molecule is CCc1nc(C(=O)N(CCN(C)C)C2CCCC2)n[nH]1. The summed E-state index contributed by atoms with van der Waals surface area (Å²) in [7, 11) is 4.05. The van der Waals surface area contributed by atoms with Gasteiger partial charge in [-0.05, 0) is 26.9 Å². The summed E-state index contributed by atoms with van der Waals surface area (Å²) in [5.74, 6) is 1.05. The largest absolute Gasteiger partial charge is 0.332 e. The molecule has 1 fully saturated rings. The maximum absolute atomic E-state index is 12.6. The maximum Gasteiger partial charge on any atom is 0.293 e. The number of carbonyl (C=O) groups is 1. The van der Waals surface area contributed by atoms with E-state index in [1.165, 1.54) is 12.8 Å². The van der Waals surface area contributed by atoms with E-state index in [0.717, 1.165) is 38.2 Å². The molecule has 1 aliphatic carbocycles. The summed E-state index contributed by atoms with van der Waals surface area (Å²) in [6.07, 6.45) is 5.39. The summed E-state index contributed by atoms with van der Waals surface area (Å²) in [6, 6.07) is 0.353. The Morgan fingerprint density at radius 2 is 2.00 bits per heavy atom. The number of rotatable bonds is 6. The Morgan fingerprint density at radius 3 is 2.55 bits per heavy atom. The van der Waals surface area contributed by atoms with Crippen LogP contribution in [0.2, 0.25) is 0 Å². The monoisotopic (exact) mass is 279 g/mol. The van der Waals surface area contributed by atoms with E-state index in [4.69, 9.17) is 0 Å². The smallest absolute Gasteiger partial charge is 0.293 e.